The van der Waals surface area contributed by atoms with Crippen LogP contribution < -0.4 is 5.32 Å². The zero-order chi connectivity index (χ0) is 22.7. The maximum absolute atomic E-state index is 13.7. The molecule has 4 rings (SSSR count). The zero-order valence-electron chi connectivity index (χ0n) is 19.7. The average molecular weight is 460 g/mol. The quantitative estimate of drug-likeness (QED) is 0.595. The third-order valence-corrected chi connectivity index (χ3v) is 7.81. The Balaban J connectivity index is 1.58. The summed E-state index contributed by atoms with van der Waals surface area (Å²) in [6.07, 6.45) is 9.04. The van der Waals surface area contributed by atoms with Crippen LogP contribution in [0.5, 0.6) is 0 Å². The number of carbonyl (C=O) groups is 2. The Morgan fingerprint density at radius 2 is 1.97 bits per heavy atom. The van der Waals surface area contributed by atoms with Crippen molar-refractivity contribution in [2.24, 2.45) is 0 Å². The van der Waals surface area contributed by atoms with Gasteiger partial charge in [0, 0.05) is 19.2 Å². The first kappa shape index (κ1) is 23.3. The number of ether oxygens (including phenoxy) is 1. The largest absolute Gasteiger partial charge is 0.379 e. The second kappa shape index (κ2) is 9.96. The first-order valence-electron chi connectivity index (χ1n) is 12.2. The van der Waals surface area contributed by atoms with Crippen LogP contribution in [0.25, 0.3) is 10.2 Å². The van der Waals surface area contributed by atoms with E-state index < -0.39 is 5.54 Å². The van der Waals surface area contributed by atoms with Gasteiger partial charge in [0.1, 0.15) is 11.2 Å². The van der Waals surface area contributed by atoms with Crippen LogP contribution in [0.2, 0.25) is 0 Å². The van der Waals surface area contributed by atoms with Crippen LogP contribution in [0.15, 0.2) is 17.5 Å². The second-order valence-corrected chi connectivity index (χ2v) is 10.8. The van der Waals surface area contributed by atoms with Crippen molar-refractivity contribution in [3.8, 4) is 0 Å². The minimum Gasteiger partial charge on any atom is -0.379 e. The van der Waals surface area contributed by atoms with E-state index in [0.717, 1.165) is 35.9 Å². The SMILES string of the molecule is CC(C)OCCCN1C(=O)c2cc3sccc3n2C[C@@]1(C)C(=O)NC1CCCCCCC1. The molecule has 1 atom stereocenters. The number of fused-ring (bicyclic) bond motifs is 3. The highest BCUT2D eigenvalue weighted by Gasteiger charge is 2.47. The van der Waals surface area contributed by atoms with E-state index in [0.29, 0.717) is 31.8 Å². The molecule has 2 aromatic heterocycles. The third-order valence-electron chi connectivity index (χ3n) is 6.96. The lowest BCUT2D eigenvalue weighted by molar-refractivity contribution is -0.133. The number of nitrogens with one attached hydrogen (secondary N) is 1. The van der Waals surface area contributed by atoms with Crippen LogP contribution in [-0.4, -0.2) is 52.1 Å². The van der Waals surface area contributed by atoms with Gasteiger partial charge in [-0.05, 0) is 57.5 Å². The molecule has 1 aliphatic heterocycles. The molecule has 3 heterocycles. The molecule has 176 valence electrons. The lowest BCUT2D eigenvalue weighted by Crippen LogP contribution is -2.65. The third kappa shape index (κ3) is 4.74. The smallest absolute Gasteiger partial charge is 0.271 e. The van der Waals surface area contributed by atoms with E-state index in [-0.39, 0.29) is 24.0 Å². The van der Waals surface area contributed by atoms with Crippen molar-refractivity contribution in [3.05, 3.63) is 23.2 Å². The summed E-state index contributed by atoms with van der Waals surface area (Å²) >= 11 is 1.64. The van der Waals surface area contributed by atoms with Crippen molar-refractivity contribution in [2.45, 2.75) is 96.4 Å². The maximum Gasteiger partial charge on any atom is 0.271 e. The lowest BCUT2D eigenvalue weighted by atomic mass is 9.92. The average Bonchev–Trinajstić information content (AvgIpc) is 3.31. The summed E-state index contributed by atoms with van der Waals surface area (Å²) < 4.78 is 8.85. The Morgan fingerprint density at radius 1 is 1.25 bits per heavy atom. The molecule has 2 aromatic rings. The molecule has 0 saturated heterocycles. The maximum atomic E-state index is 13.7. The topological polar surface area (TPSA) is 63.6 Å². The van der Waals surface area contributed by atoms with Crippen LogP contribution in [0.4, 0.5) is 0 Å². The normalized spacial score (nSPS) is 22.8. The van der Waals surface area contributed by atoms with Gasteiger partial charge >= 0.3 is 0 Å². The molecule has 7 heteroatoms. The van der Waals surface area contributed by atoms with E-state index in [4.69, 9.17) is 4.74 Å². The Kier molecular flexibility index (Phi) is 7.25. The summed E-state index contributed by atoms with van der Waals surface area (Å²) in [5, 5.41) is 5.39. The lowest BCUT2D eigenvalue weighted by Gasteiger charge is -2.44. The fourth-order valence-corrected chi connectivity index (χ4v) is 5.93. The number of amides is 2. The molecular formula is C25H37N3O3S. The molecule has 0 bridgehead atoms. The zero-order valence-corrected chi connectivity index (χ0v) is 20.5. The summed E-state index contributed by atoms with van der Waals surface area (Å²) in [6.45, 7) is 7.54. The van der Waals surface area contributed by atoms with Crippen molar-refractivity contribution in [2.75, 3.05) is 13.2 Å². The Morgan fingerprint density at radius 3 is 2.69 bits per heavy atom. The van der Waals surface area contributed by atoms with Gasteiger partial charge in [-0.2, -0.15) is 0 Å². The summed E-state index contributed by atoms with van der Waals surface area (Å²) in [6, 6.07) is 4.23. The Labute approximate surface area is 195 Å². The number of carbonyl (C=O) groups excluding carboxylic acids is 2. The minimum atomic E-state index is -0.918. The van der Waals surface area contributed by atoms with Crippen LogP contribution in [0.1, 0.15) is 82.6 Å². The first-order valence-corrected chi connectivity index (χ1v) is 13.1. The molecule has 1 fully saturated rings. The highest BCUT2D eigenvalue weighted by Crippen LogP contribution is 2.34. The molecule has 1 saturated carbocycles. The molecule has 32 heavy (non-hydrogen) atoms. The van der Waals surface area contributed by atoms with Crippen molar-refractivity contribution < 1.29 is 14.3 Å². The predicted octanol–water partition coefficient (Wildman–Crippen LogP) is 4.96. The van der Waals surface area contributed by atoms with E-state index in [2.05, 4.69) is 11.4 Å². The molecule has 6 nitrogen and oxygen atoms in total. The fourth-order valence-electron chi connectivity index (χ4n) is 5.11. The predicted molar refractivity (Wildman–Crippen MR) is 129 cm³/mol. The van der Waals surface area contributed by atoms with Gasteiger partial charge in [0.05, 0.1) is 22.9 Å². The molecule has 1 N–H and O–H groups in total. The minimum absolute atomic E-state index is 0.0241. The first-order chi connectivity index (χ1) is 15.4. The van der Waals surface area contributed by atoms with Gasteiger partial charge in [-0.1, -0.05) is 32.1 Å². The number of nitrogens with zero attached hydrogens (tertiary/aromatic N) is 2. The summed E-state index contributed by atoms with van der Waals surface area (Å²) in [7, 11) is 0. The summed E-state index contributed by atoms with van der Waals surface area (Å²) in [5.41, 5.74) is 0.817. The van der Waals surface area contributed by atoms with Gasteiger partial charge in [0.2, 0.25) is 5.91 Å². The monoisotopic (exact) mass is 459 g/mol. The van der Waals surface area contributed by atoms with E-state index in [1.807, 2.05) is 36.8 Å². The molecule has 2 amide bonds. The molecule has 1 aliphatic carbocycles. The van der Waals surface area contributed by atoms with Crippen LogP contribution >= 0.6 is 11.3 Å². The van der Waals surface area contributed by atoms with Gasteiger partial charge < -0.3 is 19.5 Å². The van der Waals surface area contributed by atoms with E-state index in [1.165, 1.54) is 19.3 Å². The molecule has 0 radical (unpaired) electrons. The Hall–Kier alpha value is -1.86. The van der Waals surface area contributed by atoms with Crippen molar-refractivity contribution >= 4 is 33.4 Å². The standard InChI is InChI=1S/C25H37N3O3S/c1-18(2)31-14-9-13-28-23(29)21-16-22-20(12-15-32-22)27(21)17-25(28,3)24(30)26-19-10-7-5-4-6-8-11-19/h12,15-16,18-19H,4-11,13-14,17H2,1-3H3,(H,26,30)/t25-/m0/s1. The summed E-state index contributed by atoms with van der Waals surface area (Å²) in [5.74, 6) is -0.0801. The van der Waals surface area contributed by atoms with Crippen LogP contribution in [-0.2, 0) is 16.1 Å². The highest BCUT2D eigenvalue weighted by molar-refractivity contribution is 7.17. The summed E-state index contributed by atoms with van der Waals surface area (Å²) in [4.78, 5) is 29.2. The van der Waals surface area contributed by atoms with E-state index >= 15 is 0 Å². The highest BCUT2D eigenvalue weighted by atomic mass is 32.1. The van der Waals surface area contributed by atoms with Crippen molar-refractivity contribution in [1.82, 2.24) is 14.8 Å². The Bertz CT molecular complexity index is 942. The number of aromatic nitrogens is 1. The molecule has 0 unspecified atom stereocenters. The van der Waals surface area contributed by atoms with Gasteiger partial charge in [0.25, 0.3) is 5.91 Å². The van der Waals surface area contributed by atoms with Crippen molar-refractivity contribution in [3.63, 3.8) is 0 Å². The van der Waals surface area contributed by atoms with Crippen LogP contribution in [0.3, 0.4) is 0 Å². The number of hydrogen-bond acceptors (Lipinski definition) is 4. The second-order valence-electron chi connectivity index (χ2n) is 9.81. The molecule has 0 spiro atoms. The van der Waals surface area contributed by atoms with Crippen LogP contribution in [0, 0.1) is 0 Å². The van der Waals surface area contributed by atoms with E-state index in [1.54, 1.807) is 16.2 Å². The van der Waals surface area contributed by atoms with Gasteiger partial charge in [-0.25, -0.2) is 0 Å². The van der Waals surface area contributed by atoms with Gasteiger partial charge in [-0.15, -0.1) is 11.3 Å². The van der Waals surface area contributed by atoms with Crippen molar-refractivity contribution in [1.29, 1.82) is 0 Å². The number of thiophene rings is 1. The molecule has 2 aliphatic rings. The number of rotatable bonds is 7. The fraction of sp³-hybridized carbons (Fsp3) is 0.680. The molecular weight excluding hydrogens is 422 g/mol. The van der Waals surface area contributed by atoms with Gasteiger partial charge in [0.15, 0.2) is 0 Å². The van der Waals surface area contributed by atoms with E-state index in [9.17, 15) is 9.59 Å². The van der Waals surface area contributed by atoms with Gasteiger partial charge in [-0.3, -0.25) is 9.59 Å². The number of hydrogen-bond donors (Lipinski definition) is 1. The molecule has 0 aromatic carbocycles.